The maximum atomic E-state index is 6.88. The van der Waals surface area contributed by atoms with Gasteiger partial charge in [-0.2, -0.15) is 0 Å². The smallest absolute Gasteiger partial charge is 0.118 e. The number of halogens is 1. The quantitative estimate of drug-likeness (QED) is 0.788. The maximum Gasteiger partial charge on any atom is 0.118 e. The standard InChI is InChI=1S/C17H23ClO3/c1-3-4-14-9-17(18)11-21-16(15(17)10-20-14)12-5-7-13(19-2)8-6-12/h5-8,14-16H,3-4,9-11H2,1-2H3/t14-,15-,16+,17-/m0/s1. The molecule has 0 N–H and O–H groups in total. The molecule has 1 aromatic rings. The minimum absolute atomic E-state index is 0.0241. The Kier molecular flexibility index (Phi) is 4.43. The second-order valence-corrected chi connectivity index (χ2v) is 6.85. The van der Waals surface area contributed by atoms with Crippen molar-refractivity contribution in [2.45, 2.75) is 43.3 Å². The minimum Gasteiger partial charge on any atom is -0.497 e. The van der Waals surface area contributed by atoms with Gasteiger partial charge in [0.05, 0.1) is 37.4 Å². The van der Waals surface area contributed by atoms with Gasteiger partial charge in [-0.3, -0.25) is 0 Å². The van der Waals surface area contributed by atoms with Crippen molar-refractivity contribution in [2.24, 2.45) is 5.92 Å². The van der Waals surface area contributed by atoms with E-state index in [0.717, 1.165) is 30.6 Å². The number of alkyl halides is 1. The van der Waals surface area contributed by atoms with Crippen LogP contribution in [-0.2, 0) is 9.47 Å². The molecule has 3 nitrogen and oxygen atoms in total. The van der Waals surface area contributed by atoms with Crippen LogP contribution in [0.3, 0.4) is 0 Å². The van der Waals surface area contributed by atoms with E-state index in [4.69, 9.17) is 25.8 Å². The van der Waals surface area contributed by atoms with E-state index >= 15 is 0 Å². The Balaban J connectivity index is 1.75. The molecule has 0 spiro atoms. The largest absolute Gasteiger partial charge is 0.497 e. The van der Waals surface area contributed by atoms with Crippen LogP contribution in [0.25, 0.3) is 0 Å². The SMILES string of the molecule is CCC[C@H]1C[C@]2(Cl)CO[C@H](c3ccc(OC)cc3)[C@@H]2CO1. The predicted octanol–water partition coefficient (Wildman–Crippen LogP) is 3.95. The summed E-state index contributed by atoms with van der Waals surface area (Å²) in [4.78, 5) is -0.275. The molecule has 2 aliphatic heterocycles. The molecular formula is C17H23ClO3. The third kappa shape index (κ3) is 2.92. The van der Waals surface area contributed by atoms with Crippen LogP contribution in [0.15, 0.2) is 24.3 Å². The van der Waals surface area contributed by atoms with Crippen LogP contribution in [-0.4, -0.2) is 31.3 Å². The molecule has 0 aromatic heterocycles. The van der Waals surface area contributed by atoms with Gasteiger partial charge >= 0.3 is 0 Å². The Bertz CT molecular complexity index is 475. The van der Waals surface area contributed by atoms with Gasteiger partial charge in [0.25, 0.3) is 0 Å². The van der Waals surface area contributed by atoms with Crippen LogP contribution < -0.4 is 4.74 Å². The van der Waals surface area contributed by atoms with E-state index in [9.17, 15) is 0 Å². The molecule has 1 aromatic carbocycles. The zero-order valence-electron chi connectivity index (χ0n) is 12.7. The van der Waals surface area contributed by atoms with Crippen LogP contribution in [0.4, 0.5) is 0 Å². The van der Waals surface area contributed by atoms with E-state index in [-0.39, 0.29) is 23.0 Å². The fourth-order valence-electron chi connectivity index (χ4n) is 3.48. The van der Waals surface area contributed by atoms with Crippen molar-refractivity contribution in [1.29, 1.82) is 0 Å². The van der Waals surface area contributed by atoms with E-state index in [1.54, 1.807) is 7.11 Å². The number of methoxy groups -OCH3 is 1. The Morgan fingerprint density at radius 3 is 2.71 bits per heavy atom. The molecule has 116 valence electrons. The van der Waals surface area contributed by atoms with Crippen molar-refractivity contribution in [2.75, 3.05) is 20.3 Å². The van der Waals surface area contributed by atoms with Gasteiger partial charge in [0.1, 0.15) is 5.75 Å². The topological polar surface area (TPSA) is 27.7 Å². The molecule has 0 bridgehead atoms. The molecule has 2 heterocycles. The van der Waals surface area contributed by atoms with Crippen molar-refractivity contribution < 1.29 is 14.2 Å². The number of hydrogen-bond acceptors (Lipinski definition) is 3. The van der Waals surface area contributed by atoms with Gasteiger partial charge in [-0.25, -0.2) is 0 Å². The number of hydrogen-bond donors (Lipinski definition) is 0. The Labute approximate surface area is 131 Å². The summed E-state index contributed by atoms with van der Waals surface area (Å²) in [7, 11) is 1.67. The first-order valence-corrected chi connectivity index (χ1v) is 8.10. The van der Waals surface area contributed by atoms with Crippen LogP contribution in [0.2, 0.25) is 0 Å². The summed E-state index contributed by atoms with van der Waals surface area (Å²) >= 11 is 6.88. The summed E-state index contributed by atoms with van der Waals surface area (Å²) in [6.45, 7) is 3.48. The molecule has 2 aliphatic rings. The maximum absolute atomic E-state index is 6.88. The molecule has 4 atom stereocenters. The van der Waals surface area contributed by atoms with Crippen LogP contribution >= 0.6 is 11.6 Å². The summed E-state index contributed by atoms with van der Waals surface area (Å²) in [5.74, 6) is 1.08. The Hall–Kier alpha value is -0.770. The highest BCUT2D eigenvalue weighted by atomic mass is 35.5. The van der Waals surface area contributed by atoms with Crippen LogP contribution in [0.1, 0.15) is 37.9 Å². The van der Waals surface area contributed by atoms with Gasteiger partial charge in [0.15, 0.2) is 0 Å². The van der Waals surface area contributed by atoms with Crippen LogP contribution in [0, 0.1) is 5.92 Å². The molecule has 21 heavy (non-hydrogen) atoms. The number of fused-ring (bicyclic) bond motifs is 1. The van der Waals surface area contributed by atoms with Gasteiger partial charge in [-0.1, -0.05) is 25.5 Å². The van der Waals surface area contributed by atoms with Gasteiger partial charge in [-0.05, 0) is 30.5 Å². The summed E-state index contributed by atoms with van der Waals surface area (Å²) in [6.07, 6.45) is 3.40. The Morgan fingerprint density at radius 2 is 2.05 bits per heavy atom. The van der Waals surface area contributed by atoms with E-state index < -0.39 is 0 Å². The molecular weight excluding hydrogens is 288 g/mol. The number of rotatable bonds is 4. The second kappa shape index (κ2) is 6.15. The van der Waals surface area contributed by atoms with Crippen molar-refractivity contribution in [3.8, 4) is 5.75 Å². The average Bonchev–Trinajstić information content (AvgIpc) is 2.84. The Morgan fingerprint density at radius 1 is 1.29 bits per heavy atom. The monoisotopic (exact) mass is 310 g/mol. The van der Waals surface area contributed by atoms with E-state index in [1.165, 1.54) is 0 Å². The van der Waals surface area contributed by atoms with E-state index in [1.807, 2.05) is 12.1 Å². The zero-order chi connectivity index (χ0) is 14.9. The lowest BCUT2D eigenvalue weighted by Crippen LogP contribution is -2.44. The van der Waals surface area contributed by atoms with Crippen molar-refractivity contribution in [1.82, 2.24) is 0 Å². The summed E-state index contributed by atoms with van der Waals surface area (Å²) < 4.78 is 17.2. The van der Waals surface area contributed by atoms with Gasteiger partial charge in [-0.15, -0.1) is 11.6 Å². The lowest BCUT2D eigenvalue weighted by molar-refractivity contribution is -0.0398. The fraction of sp³-hybridized carbons (Fsp3) is 0.647. The zero-order valence-corrected chi connectivity index (χ0v) is 13.4. The normalized spacial score (nSPS) is 35.5. The molecule has 2 saturated heterocycles. The summed E-state index contributed by atoms with van der Waals surface area (Å²) in [5, 5.41) is 0. The van der Waals surface area contributed by atoms with Crippen molar-refractivity contribution in [3.63, 3.8) is 0 Å². The molecule has 0 radical (unpaired) electrons. The molecule has 0 unspecified atom stereocenters. The summed E-state index contributed by atoms with van der Waals surface area (Å²) in [5.41, 5.74) is 1.15. The molecule has 4 heteroatoms. The van der Waals surface area contributed by atoms with E-state index in [0.29, 0.717) is 13.2 Å². The molecule has 0 aliphatic carbocycles. The van der Waals surface area contributed by atoms with Crippen LogP contribution in [0.5, 0.6) is 5.75 Å². The van der Waals surface area contributed by atoms with Gasteiger partial charge < -0.3 is 14.2 Å². The van der Waals surface area contributed by atoms with E-state index in [2.05, 4.69) is 19.1 Å². The first-order valence-electron chi connectivity index (χ1n) is 7.72. The van der Waals surface area contributed by atoms with Gasteiger partial charge in [0, 0.05) is 5.92 Å². The number of ether oxygens (including phenoxy) is 3. The third-order valence-corrected chi connectivity index (χ3v) is 5.21. The first-order chi connectivity index (χ1) is 10.2. The molecule has 3 rings (SSSR count). The second-order valence-electron chi connectivity index (χ2n) is 6.09. The molecule has 0 saturated carbocycles. The molecule has 2 fully saturated rings. The highest BCUT2D eigenvalue weighted by molar-refractivity contribution is 6.24. The highest BCUT2D eigenvalue weighted by Crippen LogP contribution is 2.50. The molecule has 0 amide bonds. The van der Waals surface area contributed by atoms with Crippen molar-refractivity contribution in [3.05, 3.63) is 29.8 Å². The van der Waals surface area contributed by atoms with Gasteiger partial charge in [0.2, 0.25) is 0 Å². The average molecular weight is 311 g/mol. The predicted molar refractivity (Wildman–Crippen MR) is 83.0 cm³/mol. The summed E-state index contributed by atoms with van der Waals surface area (Å²) in [6, 6.07) is 8.06. The lowest BCUT2D eigenvalue weighted by atomic mass is 9.81. The number of benzene rings is 1. The minimum atomic E-state index is -0.275. The first kappa shape index (κ1) is 15.1. The third-order valence-electron chi connectivity index (χ3n) is 4.67. The van der Waals surface area contributed by atoms with Crippen molar-refractivity contribution >= 4 is 11.6 Å². The lowest BCUT2D eigenvalue weighted by Gasteiger charge is -2.38. The highest BCUT2D eigenvalue weighted by Gasteiger charge is 2.52. The fourth-order valence-corrected chi connectivity index (χ4v) is 3.89.